The number of carbonyl (C=O) groups excluding carboxylic acids is 2. The molecule has 0 aromatic heterocycles. The highest BCUT2D eigenvalue weighted by molar-refractivity contribution is 5.79. The molecule has 5 nitrogen and oxygen atoms in total. The minimum absolute atomic E-state index is 0.0264. The Morgan fingerprint density at radius 3 is 2.61 bits per heavy atom. The summed E-state index contributed by atoms with van der Waals surface area (Å²) >= 11 is 0. The van der Waals surface area contributed by atoms with E-state index in [-0.39, 0.29) is 24.4 Å². The zero-order chi connectivity index (χ0) is 19.8. The fourth-order valence-electron chi connectivity index (χ4n) is 3.49. The number of hydrogen-bond acceptors (Lipinski definition) is 4. The fourth-order valence-corrected chi connectivity index (χ4v) is 3.49. The van der Waals surface area contributed by atoms with Gasteiger partial charge in [0.05, 0.1) is 12.5 Å². The molecule has 0 N–H and O–H groups in total. The van der Waals surface area contributed by atoms with Crippen LogP contribution in [0.25, 0.3) is 0 Å². The smallest absolute Gasteiger partial charge is 0.310 e. The van der Waals surface area contributed by atoms with Gasteiger partial charge in [0.2, 0.25) is 0 Å². The third-order valence-electron chi connectivity index (χ3n) is 4.96. The Hall–Kier alpha value is -2.82. The second kappa shape index (κ2) is 9.93. The highest BCUT2D eigenvalue weighted by atomic mass is 16.5. The van der Waals surface area contributed by atoms with Crippen molar-refractivity contribution < 1.29 is 19.1 Å². The Morgan fingerprint density at radius 1 is 1.07 bits per heavy atom. The Balaban J connectivity index is 1.58. The summed E-state index contributed by atoms with van der Waals surface area (Å²) in [7, 11) is 0. The van der Waals surface area contributed by atoms with Gasteiger partial charge in [-0.25, -0.2) is 0 Å². The van der Waals surface area contributed by atoms with Gasteiger partial charge in [-0.3, -0.25) is 9.59 Å². The van der Waals surface area contributed by atoms with E-state index in [0.29, 0.717) is 19.7 Å². The summed E-state index contributed by atoms with van der Waals surface area (Å²) in [5, 5.41) is 0. The van der Waals surface area contributed by atoms with Gasteiger partial charge >= 0.3 is 5.97 Å². The van der Waals surface area contributed by atoms with Crippen molar-refractivity contribution in [1.29, 1.82) is 0 Å². The summed E-state index contributed by atoms with van der Waals surface area (Å²) in [6, 6.07) is 18.0. The molecule has 28 heavy (non-hydrogen) atoms. The van der Waals surface area contributed by atoms with Crippen LogP contribution in [-0.4, -0.2) is 43.1 Å². The minimum Gasteiger partial charge on any atom is -0.483 e. The predicted octanol–water partition coefficient (Wildman–Crippen LogP) is 3.46. The van der Waals surface area contributed by atoms with Crippen molar-refractivity contribution >= 4 is 11.9 Å². The van der Waals surface area contributed by atoms with E-state index >= 15 is 0 Å². The molecule has 0 aliphatic carbocycles. The van der Waals surface area contributed by atoms with E-state index in [0.717, 1.165) is 30.6 Å². The third-order valence-corrected chi connectivity index (χ3v) is 4.96. The van der Waals surface area contributed by atoms with E-state index in [1.54, 1.807) is 11.8 Å². The van der Waals surface area contributed by atoms with Crippen molar-refractivity contribution in [2.45, 2.75) is 26.2 Å². The number of piperidine rings is 1. The summed E-state index contributed by atoms with van der Waals surface area (Å²) in [5.41, 5.74) is 2.24. The van der Waals surface area contributed by atoms with Gasteiger partial charge in [-0.05, 0) is 37.0 Å². The summed E-state index contributed by atoms with van der Waals surface area (Å²) in [6.07, 6.45) is 2.32. The van der Waals surface area contributed by atoms with Gasteiger partial charge in [-0.1, -0.05) is 48.5 Å². The summed E-state index contributed by atoms with van der Waals surface area (Å²) in [5.74, 6) is 0.180. The molecule has 0 bridgehead atoms. The monoisotopic (exact) mass is 381 g/mol. The van der Waals surface area contributed by atoms with Crippen LogP contribution >= 0.6 is 0 Å². The molecule has 148 valence electrons. The van der Waals surface area contributed by atoms with E-state index in [1.165, 1.54) is 5.56 Å². The molecule has 1 fully saturated rings. The standard InChI is InChI=1S/C23H27NO4/c1-2-27-23(26)20-12-8-14-24(16-20)22(25)17-28-21-13-7-6-11-19(21)15-18-9-4-3-5-10-18/h3-7,9-11,13,20H,2,8,12,14-17H2,1H3. The first-order valence-corrected chi connectivity index (χ1v) is 9.86. The van der Waals surface area contributed by atoms with Gasteiger partial charge in [0, 0.05) is 19.5 Å². The number of likely N-dealkylation sites (tertiary alicyclic amines) is 1. The fraction of sp³-hybridized carbons (Fsp3) is 0.391. The number of hydrogen-bond donors (Lipinski definition) is 0. The third kappa shape index (κ3) is 5.35. The molecule has 1 unspecified atom stereocenters. The predicted molar refractivity (Wildman–Crippen MR) is 107 cm³/mol. The van der Waals surface area contributed by atoms with Crippen molar-refractivity contribution in [1.82, 2.24) is 4.90 Å². The first kappa shape index (κ1) is 19.9. The van der Waals surface area contributed by atoms with Crippen LogP contribution in [-0.2, 0) is 20.7 Å². The maximum absolute atomic E-state index is 12.6. The zero-order valence-electron chi connectivity index (χ0n) is 16.3. The lowest BCUT2D eigenvalue weighted by molar-refractivity contribution is -0.151. The van der Waals surface area contributed by atoms with E-state index in [1.807, 2.05) is 42.5 Å². The quantitative estimate of drug-likeness (QED) is 0.689. The summed E-state index contributed by atoms with van der Waals surface area (Å²) in [4.78, 5) is 26.3. The Kier molecular flexibility index (Phi) is 7.06. The number of ether oxygens (including phenoxy) is 2. The maximum Gasteiger partial charge on any atom is 0.310 e. The molecule has 1 heterocycles. The van der Waals surface area contributed by atoms with Crippen molar-refractivity contribution in [3.05, 3.63) is 65.7 Å². The molecule has 0 spiro atoms. The summed E-state index contributed by atoms with van der Waals surface area (Å²) < 4.78 is 11.0. The topological polar surface area (TPSA) is 55.8 Å². The number of amides is 1. The van der Waals surface area contributed by atoms with E-state index < -0.39 is 0 Å². The van der Waals surface area contributed by atoms with Crippen LogP contribution in [0.3, 0.4) is 0 Å². The van der Waals surface area contributed by atoms with Crippen LogP contribution < -0.4 is 4.74 Å². The van der Waals surface area contributed by atoms with Gasteiger partial charge in [0.1, 0.15) is 5.75 Å². The lowest BCUT2D eigenvalue weighted by Gasteiger charge is -2.31. The second-order valence-electron chi connectivity index (χ2n) is 6.99. The maximum atomic E-state index is 12.6. The van der Waals surface area contributed by atoms with Crippen molar-refractivity contribution in [2.24, 2.45) is 5.92 Å². The molecular formula is C23H27NO4. The molecule has 1 amide bonds. The molecule has 0 radical (unpaired) electrons. The van der Waals surface area contributed by atoms with Crippen LogP contribution in [0.5, 0.6) is 5.75 Å². The Labute approximate surface area is 166 Å². The highest BCUT2D eigenvalue weighted by Crippen LogP contribution is 2.22. The molecule has 1 atom stereocenters. The Bertz CT molecular complexity index is 790. The minimum atomic E-state index is -0.233. The van der Waals surface area contributed by atoms with Gasteiger partial charge in [0.25, 0.3) is 5.91 Å². The second-order valence-corrected chi connectivity index (χ2v) is 6.99. The number of esters is 1. The number of rotatable bonds is 7. The number of nitrogens with zero attached hydrogens (tertiary/aromatic N) is 1. The van der Waals surface area contributed by atoms with Crippen LogP contribution in [0, 0.1) is 5.92 Å². The van der Waals surface area contributed by atoms with Crippen LogP contribution in [0.1, 0.15) is 30.9 Å². The highest BCUT2D eigenvalue weighted by Gasteiger charge is 2.29. The SMILES string of the molecule is CCOC(=O)C1CCCN(C(=O)COc2ccccc2Cc2ccccc2)C1. The molecular weight excluding hydrogens is 354 g/mol. The number of para-hydroxylation sites is 1. The average molecular weight is 381 g/mol. The normalized spacial score (nSPS) is 16.5. The van der Waals surface area contributed by atoms with E-state index in [2.05, 4.69) is 12.1 Å². The van der Waals surface area contributed by atoms with Gasteiger partial charge < -0.3 is 14.4 Å². The molecule has 3 rings (SSSR count). The van der Waals surface area contributed by atoms with Gasteiger partial charge in [0.15, 0.2) is 6.61 Å². The first-order chi connectivity index (χ1) is 13.7. The molecule has 1 aliphatic heterocycles. The molecule has 1 saturated heterocycles. The number of benzene rings is 2. The van der Waals surface area contributed by atoms with Crippen LogP contribution in [0.4, 0.5) is 0 Å². The lowest BCUT2D eigenvalue weighted by Crippen LogP contribution is -2.44. The van der Waals surface area contributed by atoms with Crippen LogP contribution in [0.15, 0.2) is 54.6 Å². The molecule has 1 aliphatic rings. The van der Waals surface area contributed by atoms with Gasteiger partial charge in [-0.15, -0.1) is 0 Å². The molecule has 2 aromatic carbocycles. The molecule has 0 saturated carbocycles. The zero-order valence-corrected chi connectivity index (χ0v) is 16.3. The molecule has 2 aromatic rings. The largest absolute Gasteiger partial charge is 0.483 e. The number of carbonyl (C=O) groups is 2. The first-order valence-electron chi connectivity index (χ1n) is 9.86. The van der Waals surface area contributed by atoms with Crippen molar-refractivity contribution in [3.8, 4) is 5.75 Å². The van der Waals surface area contributed by atoms with Crippen LogP contribution in [0.2, 0.25) is 0 Å². The van der Waals surface area contributed by atoms with Crippen molar-refractivity contribution in [3.63, 3.8) is 0 Å². The molecule has 5 heteroatoms. The average Bonchev–Trinajstić information content (AvgIpc) is 2.74. The Morgan fingerprint density at radius 2 is 1.82 bits per heavy atom. The summed E-state index contributed by atoms with van der Waals surface area (Å²) in [6.45, 7) is 3.20. The lowest BCUT2D eigenvalue weighted by atomic mass is 9.98. The van der Waals surface area contributed by atoms with E-state index in [4.69, 9.17) is 9.47 Å². The van der Waals surface area contributed by atoms with E-state index in [9.17, 15) is 9.59 Å². The van der Waals surface area contributed by atoms with Gasteiger partial charge in [-0.2, -0.15) is 0 Å². The van der Waals surface area contributed by atoms with Crippen molar-refractivity contribution in [2.75, 3.05) is 26.3 Å².